The van der Waals surface area contributed by atoms with Crippen LogP contribution in [0.3, 0.4) is 0 Å². The molecule has 0 saturated heterocycles. The first-order chi connectivity index (χ1) is 18.3. The smallest absolute Gasteiger partial charge is 0.441 e. The van der Waals surface area contributed by atoms with E-state index in [4.69, 9.17) is 10.1 Å². The van der Waals surface area contributed by atoms with Gasteiger partial charge in [-0.3, -0.25) is 10.2 Å². The van der Waals surface area contributed by atoms with Crippen molar-refractivity contribution in [3.63, 3.8) is 0 Å². The fourth-order valence-corrected chi connectivity index (χ4v) is 5.24. The lowest BCUT2D eigenvalue weighted by atomic mass is 9.87. The molecule has 2 aromatic carbocycles. The predicted molar refractivity (Wildman–Crippen MR) is 148 cm³/mol. The number of hydrogen-bond donors (Lipinski definition) is 1. The summed E-state index contributed by atoms with van der Waals surface area (Å²) >= 11 is 0.230. The number of nitrogens with zero attached hydrogens (tertiary/aromatic N) is 4. The highest BCUT2D eigenvalue weighted by atomic mass is 32.2. The first-order valence-electron chi connectivity index (χ1n) is 12.2. The van der Waals surface area contributed by atoms with Crippen molar-refractivity contribution in [2.24, 2.45) is 10.1 Å². The summed E-state index contributed by atoms with van der Waals surface area (Å²) in [6.07, 6.45) is -3.19. The van der Waals surface area contributed by atoms with Crippen LogP contribution in [0.1, 0.15) is 37.6 Å². The topological polar surface area (TPSA) is 83.0 Å². The Morgan fingerprint density at radius 1 is 1.08 bits per heavy atom. The number of amides is 1. The number of nitrogens with one attached hydrogen (secondary N) is 1. The lowest BCUT2D eigenvalue weighted by Crippen LogP contribution is -2.35. The van der Waals surface area contributed by atoms with E-state index in [2.05, 4.69) is 47.6 Å². The number of amidine groups is 2. The van der Waals surface area contributed by atoms with Crippen LogP contribution in [0.5, 0.6) is 5.75 Å². The standard InChI is InChI=1S/C28H26F3N5O2S/c1-16-20(15-21-23(32)36-26(33-24(21)37)39-25(34-36)28(29,30)31)19-7-5-6-8-22(19)35(16)13-14-38-18-11-9-17(10-12-18)27(2,3)4/h5-12,15,32H,13-14H2,1-4H3/b21-15-,32-23?. The summed E-state index contributed by atoms with van der Waals surface area (Å²) in [6, 6.07) is 15.6. The molecule has 5 rings (SSSR count). The molecular weight excluding hydrogens is 527 g/mol. The zero-order valence-electron chi connectivity index (χ0n) is 21.8. The molecule has 1 amide bonds. The minimum atomic E-state index is -4.70. The zero-order chi connectivity index (χ0) is 28.1. The molecule has 0 fully saturated rings. The molecule has 0 bridgehead atoms. The molecule has 3 heterocycles. The third-order valence-corrected chi connectivity index (χ3v) is 7.52. The lowest BCUT2D eigenvalue weighted by molar-refractivity contribution is -0.114. The number of rotatable bonds is 5. The molecule has 39 heavy (non-hydrogen) atoms. The molecule has 0 aliphatic carbocycles. The van der Waals surface area contributed by atoms with E-state index in [9.17, 15) is 18.0 Å². The van der Waals surface area contributed by atoms with Crippen LogP contribution in [0.4, 0.5) is 13.2 Å². The van der Waals surface area contributed by atoms with Crippen molar-refractivity contribution in [3.8, 4) is 5.75 Å². The highest BCUT2D eigenvalue weighted by Crippen LogP contribution is 2.36. The highest BCUT2D eigenvalue weighted by molar-refractivity contribution is 8.27. The van der Waals surface area contributed by atoms with Crippen LogP contribution in [0.15, 0.2) is 64.2 Å². The van der Waals surface area contributed by atoms with E-state index < -0.39 is 23.0 Å². The number of hydrazone groups is 1. The number of alkyl halides is 3. The van der Waals surface area contributed by atoms with Crippen molar-refractivity contribution in [2.75, 3.05) is 6.61 Å². The first-order valence-corrected chi connectivity index (χ1v) is 13.0. The molecule has 1 aromatic heterocycles. The number of aliphatic imine (C=N–C) groups is 1. The molecule has 11 heteroatoms. The number of thioether (sulfide) groups is 1. The summed E-state index contributed by atoms with van der Waals surface area (Å²) in [7, 11) is 0. The third-order valence-electron chi connectivity index (χ3n) is 6.57. The van der Waals surface area contributed by atoms with Gasteiger partial charge in [0.1, 0.15) is 12.4 Å². The maximum absolute atomic E-state index is 13.2. The fraction of sp³-hybridized carbons (Fsp3) is 0.286. The van der Waals surface area contributed by atoms with Crippen molar-refractivity contribution in [2.45, 2.75) is 45.8 Å². The molecule has 7 nitrogen and oxygen atoms in total. The Hall–Kier alpha value is -3.86. The predicted octanol–water partition coefficient (Wildman–Crippen LogP) is 6.51. The van der Waals surface area contributed by atoms with Crippen molar-refractivity contribution in [3.05, 3.63) is 70.9 Å². The number of benzene rings is 2. The molecule has 2 aliphatic rings. The van der Waals surface area contributed by atoms with Gasteiger partial charge in [-0.2, -0.15) is 28.3 Å². The summed E-state index contributed by atoms with van der Waals surface area (Å²) in [5.74, 6) is -0.470. The van der Waals surface area contributed by atoms with Gasteiger partial charge in [0.05, 0.1) is 12.1 Å². The Morgan fingerprint density at radius 3 is 2.44 bits per heavy atom. The van der Waals surface area contributed by atoms with Gasteiger partial charge in [-0.05, 0) is 53.9 Å². The summed E-state index contributed by atoms with van der Waals surface area (Å²) in [5, 5.41) is 12.1. The van der Waals surface area contributed by atoms with Gasteiger partial charge in [0.25, 0.3) is 5.91 Å². The highest BCUT2D eigenvalue weighted by Gasteiger charge is 2.46. The van der Waals surface area contributed by atoms with Crippen molar-refractivity contribution >= 4 is 50.7 Å². The SMILES string of the molecule is Cc1c(/C=C2/C(=N)N3N=C(C(F)(F)F)SC3=NC2=O)c2ccccc2n1CCOc1ccc(C(C)(C)C)cc1. The van der Waals surface area contributed by atoms with Crippen LogP contribution in [-0.2, 0) is 16.8 Å². The van der Waals surface area contributed by atoms with Gasteiger partial charge in [-0.15, -0.1) is 0 Å². The number of carbonyl (C=O) groups is 1. The van der Waals surface area contributed by atoms with Gasteiger partial charge < -0.3 is 9.30 Å². The lowest BCUT2D eigenvalue weighted by Gasteiger charge is -2.20. The molecule has 202 valence electrons. The van der Waals surface area contributed by atoms with Crippen LogP contribution in [0.2, 0.25) is 0 Å². The van der Waals surface area contributed by atoms with Crippen LogP contribution < -0.4 is 4.74 Å². The zero-order valence-corrected chi connectivity index (χ0v) is 22.6. The number of hydrogen-bond acceptors (Lipinski definition) is 5. The minimum absolute atomic E-state index is 0.0497. The Bertz CT molecular complexity index is 1580. The average Bonchev–Trinajstić information content (AvgIpc) is 3.41. The number of para-hydroxylation sites is 1. The van der Waals surface area contributed by atoms with E-state index in [1.165, 1.54) is 11.6 Å². The van der Waals surface area contributed by atoms with E-state index in [-0.39, 0.29) is 27.9 Å². The monoisotopic (exact) mass is 553 g/mol. The normalized spacial score (nSPS) is 17.1. The molecule has 0 atom stereocenters. The number of aromatic nitrogens is 1. The van der Waals surface area contributed by atoms with E-state index in [1.807, 2.05) is 43.3 Å². The Morgan fingerprint density at radius 2 is 1.77 bits per heavy atom. The molecule has 0 saturated carbocycles. The van der Waals surface area contributed by atoms with Gasteiger partial charge in [-0.25, -0.2) is 0 Å². The second-order valence-corrected chi connectivity index (χ2v) is 11.2. The molecule has 2 aliphatic heterocycles. The molecule has 3 aromatic rings. The number of carbonyl (C=O) groups excluding carboxylic acids is 1. The molecule has 0 spiro atoms. The second-order valence-electron chi connectivity index (χ2n) is 10.2. The summed E-state index contributed by atoms with van der Waals surface area (Å²) in [6.45, 7) is 9.27. The van der Waals surface area contributed by atoms with E-state index in [0.717, 1.165) is 27.4 Å². The van der Waals surface area contributed by atoms with Gasteiger partial charge >= 0.3 is 6.18 Å². The molecule has 0 radical (unpaired) electrons. The van der Waals surface area contributed by atoms with Crippen LogP contribution in [-0.4, -0.2) is 44.3 Å². The van der Waals surface area contributed by atoms with E-state index in [1.54, 1.807) is 0 Å². The Balaban J connectivity index is 1.42. The Labute approximate surface area is 227 Å². The number of fused-ring (bicyclic) bond motifs is 2. The van der Waals surface area contributed by atoms with Gasteiger partial charge in [-0.1, -0.05) is 51.1 Å². The van der Waals surface area contributed by atoms with Crippen LogP contribution >= 0.6 is 11.8 Å². The molecule has 0 unspecified atom stereocenters. The Kier molecular flexibility index (Phi) is 6.66. The number of ether oxygens (including phenoxy) is 1. The third kappa shape index (κ3) is 5.10. The quantitative estimate of drug-likeness (QED) is 0.365. The van der Waals surface area contributed by atoms with Crippen LogP contribution in [0, 0.1) is 12.3 Å². The van der Waals surface area contributed by atoms with Gasteiger partial charge in [0.2, 0.25) is 10.2 Å². The van der Waals surface area contributed by atoms with E-state index >= 15 is 0 Å². The number of halogens is 3. The molecule has 1 N–H and O–H groups in total. The summed E-state index contributed by atoms with van der Waals surface area (Å²) in [4.78, 5) is 16.6. The van der Waals surface area contributed by atoms with Crippen molar-refractivity contribution in [1.82, 2.24) is 9.58 Å². The summed E-state index contributed by atoms with van der Waals surface area (Å²) < 4.78 is 47.5. The second kappa shape index (κ2) is 9.71. The van der Waals surface area contributed by atoms with E-state index in [0.29, 0.717) is 18.7 Å². The maximum atomic E-state index is 13.2. The minimum Gasteiger partial charge on any atom is -0.492 e. The van der Waals surface area contributed by atoms with Crippen molar-refractivity contribution in [1.29, 1.82) is 5.41 Å². The first kappa shape index (κ1) is 26.7. The largest absolute Gasteiger partial charge is 0.492 e. The van der Waals surface area contributed by atoms with Crippen LogP contribution in [0.25, 0.3) is 17.0 Å². The van der Waals surface area contributed by atoms with Crippen molar-refractivity contribution < 1.29 is 22.7 Å². The van der Waals surface area contributed by atoms with Gasteiger partial charge in [0, 0.05) is 22.2 Å². The molecular formula is C28H26F3N5O2S. The summed E-state index contributed by atoms with van der Waals surface area (Å²) in [5.41, 5.74) is 3.54. The fourth-order valence-electron chi connectivity index (χ4n) is 4.49. The average molecular weight is 554 g/mol. The maximum Gasteiger partial charge on any atom is 0.441 e. The van der Waals surface area contributed by atoms with Gasteiger partial charge in [0.15, 0.2) is 5.84 Å².